The number of hydrazone groups is 1. The number of aromatic hydroxyl groups is 1. The normalized spacial score (nSPS) is 10.7. The molecule has 0 atom stereocenters. The molecule has 2 aromatic carbocycles. The molecule has 0 aliphatic carbocycles. The highest BCUT2D eigenvalue weighted by Crippen LogP contribution is 2.22. The Morgan fingerprint density at radius 1 is 1.35 bits per heavy atom. The van der Waals surface area contributed by atoms with Crippen molar-refractivity contribution in [2.75, 3.05) is 6.61 Å². The lowest BCUT2D eigenvalue weighted by molar-refractivity contribution is 0.0954. The van der Waals surface area contributed by atoms with Crippen LogP contribution in [0.5, 0.6) is 11.5 Å². The number of ether oxygens (including phenoxy) is 1. The predicted octanol–water partition coefficient (Wildman–Crippen LogP) is 3.71. The predicted molar refractivity (Wildman–Crippen MR) is 93.1 cm³/mol. The summed E-state index contributed by atoms with van der Waals surface area (Å²) in [6.45, 7) is 2.60. The van der Waals surface area contributed by atoms with E-state index in [0.29, 0.717) is 28.0 Å². The number of benzene rings is 2. The second kappa shape index (κ2) is 8.33. The first-order valence-corrected chi connectivity index (χ1v) is 7.95. The molecule has 0 aliphatic heterocycles. The second-order valence-corrected chi connectivity index (χ2v) is 5.60. The molecule has 1 amide bonds. The topological polar surface area (TPSA) is 70.9 Å². The van der Waals surface area contributed by atoms with Crippen molar-refractivity contribution in [3.05, 3.63) is 58.1 Å². The molecule has 0 bridgehead atoms. The maximum atomic E-state index is 12.0. The van der Waals surface area contributed by atoms with Gasteiger partial charge in [-0.3, -0.25) is 4.79 Å². The summed E-state index contributed by atoms with van der Waals surface area (Å²) in [5, 5.41) is 13.8. The summed E-state index contributed by atoms with van der Waals surface area (Å²) in [5.74, 6) is 0.298. The van der Waals surface area contributed by atoms with E-state index in [2.05, 4.69) is 26.5 Å². The van der Waals surface area contributed by atoms with E-state index in [4.69, 9.17) is 4.74 Å². The van der Waals surface area contributed by atoms with Gasteiger partial charge in [0.25, 0.3) is 5.91 Å². The molecule has 0 saturated heterocycles. The third kappa shape index (κ3) is 4.82. The first kappa shape index (κ1) is 17.0. The van der Waals surface area contributed by atoms with E-state index >= 15 is 0 Å². The summed E-state index contributed by atoms with van der Waals surface area (Å²) in [6.07, 6.45) is 2.28. The monoisotopic (exact) mass is 376 g/mol. The smallest absolute Gasteiger partial charge is 0.272 e. The van der Waals surface area contributed by atoms with Gasteiger partial charge in [0, 0.05) is 16.1 Å². The summed E-state index contributed by atoms with van der Waals surface area (Å²) >= 11 is 3.31. The van der Waals surface area contributed by atoms with E-state index in [0.717, 1.165) is 6.42 Å². The van der Waals surface area contributed by atoms with Crippen LogP contribution in [0.3, 0.4) is 0 Å². The van der Waals surface area contributed by atoms with Crippen LogP contribution in [0.2, 0.25) is 0 Å². The van der Waals surface area contributed by atoms with Gasteiger partial charge in [0.15, 0.2) is 0 Å². The number of phenolic OH excluding ortho intramolecular Hbond substituents is 1. The Morgan fingerprint density at radius 3 is 2.83 bits per heavy atom. The number of halogens is 1. The van der Waals surface area contributed by atoms with Crippen LogP contribution in [0.4, 0.5) is 0 Å². The minimum atomic E-state index is -0.337. The fourth-order valence-electron chi connectivity index (χ4n) is 1.81. The van der Waals surface area contributed by atoms with Crippen LogP contribution in [0.1, 0.15) is 29.3 Å². The summed E-state index contributed by atoms with van der Waals surface area (Å²) in [5.41, 5.74) is 3.39. The van der Waals surface area contributed by atoms with Crippen molar-refractivity contribution in [1.82, 2.24) is 5.43 Å². The number of carbonyl (C=O) groups is 1. The molecule has 5 nitrogen and oxygen atoms in total. The number of nitrogens with one attached hydrogen (secondary N) is 1. The quantitative estimate of drug-likeness (QED) is 0.596. The molecular weight excluding hydrogens is 360 g/mol. The summed E-state index contributed by atoms with van der Waals surface area (Å²) in [4.78, 5) is 12.0. The summed E-state index contributed by atoms with van der Waals surface area (Å²) < 4.78 is 6.11. The SMILES string of the molecule is CCCOc1ccc(/C=N/NC(=O)c2ccccc2Br)c(O)c1. The van der Waals surface area contributed by atoms with Gasteiger partial charge in [0.2, 0.25) is 0 Å². The molecule has 6 heteroatoms. The van der Waals surface area contributed by atoms with Crippen molar-refractivity contribution in [2.24, 2.45) is 5.10 Å². The van der Waals surface area contributed by atoms with Crippen LogP contribution >= 0.6 is 15.9 Å². The molecule has 120 valence electrons. The largest absolute Gasteiger partial charge is 0.507 e. The Balaban J connectivity index is 2.00. The fourth-order valence-corrected chi connectivity index (χ4v) is 2.27. The number of hydrogen-bond acceptors (Lipinski definition) is 4. The average molecular weight is 377 g/mol. The molecule has 0 aromatic heterocycles. The first-order chi connectivity index (χ1) is 11.1. The second-order valence-electron chi connectivity index (χ2n) is 4.75. The van der Waals surface area contributed by atoms with Crippen molar-refractivity contribution in [2.45, 2.75) is 13.3 Å². The van der Waals surface area contributed by atoms with Crippen molar-refractivity contribution in [3.63, 3.8) is 0 Å². The van der Waals surface area contributed by atoms with E-state index in [1.807, 2.05) is 13.0 Å². The van der Waals surface area contributed by atoms with Crippen LogP contribution in [-0.2, 0) is 0 Å². The fraction of sp³-hybridized carbons (Fsp3) is 0.176. The molecule has 0 radical (unpaired) electrons. The summed E-state index contributed by atoms with van der Waals surface area (Å²) in [7, 11) is 0. The van der Waals surface area contributed by atoms with Gasteiger partial charge in [0.1, 0.15) is 11.5 Å². The third-order valence-corrected chi connectivity index (χ3v) is 3.65. The van der Waals surface area contributed by atoms with Crippen LogP contribution in [0.25, 0.3) is 0 Å². The molecule has 2 rings (SSSR count). The van der Waals surface area contributed by atoms with Crippen LogP contribution in [0.15, 0.2) is 52.0 Å². The maximum absolute atomic E-state index is 12.0. The minimum absolute atomic E-state index is 0.0393. The molecule has 23 heavy (non-hydrogen) atoms. The minimum Gasteiger partial charge on any atom is -0.507 e. The lowest BCUT2D eigenvalue weighted by atomic mass is 10.2. The van der Waals surface area contributed by atoms with Gasteiger partial charge in [-0.1, -0.05) is 19.1 Å². The molecule has 0 saturated carbocycles. The zero-order chi connectivity index (χ0) is 16.7. The highest BCUT2D eigenvalue weighted by Gasteiger charge is 2.07. The van der Waals surface area contributed by atoms with E-state index in [1.54, 1.807) is 30.3 Å². The molecule has 2 aromatic rings. The molecule has 0 fully saturated rings. The number of phenols is 1. The first-order valence-electron chi connectivity index (χ1n) is 7.15. The number of nitrogens with zero attached hydrogens (tertiary/aromatic N) is 1. The van der Waals surface area contributed by atoms with Gasteiger partial charge in [-0.15, -0.1) is 0 Å². The van der Waals surface area contributed by atoms with Crippen molar-refractivity contribution < 1.29 is 14.6 Å². The highest BCUT2D eigenvalue weighted by molar-refractivity contribution is 9.10. The zero-order valence-corrected chi connectivity index (χ0v) is 14.2. The van der Waals surface area contributed by atoms with Crippen molar-refractivity contribution >= 4 is 28.1 Å². The van der Waals surface area contributed by atoms with Crippen molar-refractivity contribution in [1.29, 1.82) is 0 Å². The third-order valence-electron chi connectivity index (χ3n) is 2.96. The van der Waals surface area contributed by atoms with E-state index < -0.39 is 0 Å². The zero-order valence-electron chi connectivity index (χ0n) is 12.6. The number of carbonyl (C=O) groups excluding carboxylic acids is 1. The molecule has 0 unspecified atom stereocenters. The Bertz CT molecular complexity index is 717. The molecule has 0 aliphatic rings. The molecule has 2 N–H and O–H groups in total. The standard InChI is InChI=1S/C17H17BrN2O3/c1-2-9-23-13-8-7-12(16(21)10-13)11-19-20-17(22)14-5-3-4-6-15(14)18/h3-8,10-11,21H,2,9H2,1H3,(H,20,22)/b19-11+. The lowest BCUT2D eigenvalue weighted by Gasteiger charge is -2.06. The average Bonchev–Trinajstić information content (AvgIpc) is 2.55. The van der Waals surface area contributed by atoms with Crippen molar-refractivity contribution in [3.8, 4) is 11.5 Å². The molecule has 0 spiro atoms. The van der Waals surface area contributed by atoms with E-state index in [-0.39, 0.29) is 11.7 Å². The maximum Gasteiger partial charge on any atom is 0.272 e. The van der Waals surface area contributed by atoms with E-state index in [1.165, 1.54) is 12.3 Å². The summed E-state index contributed by atoms with van der Waals surface area (Å²) in [6, 6.07) is 12.0. The van der Waals surface area contributed by atoms with Crippen LogP contribution in [0, 0.1) is 0 Å². The van der Waals surface area contributed by atoms with Gasteiger partial charge < -0.3 is 9.84 Å². The Kier molecular flexibility index (Phi) is 6.17. The Morgan fingerprint density at radius 2 is 2.13 bits per heavy atom. The number of rotatable bonds is 6. The van der Waals surface area contributed by atoms with Gasteiger partial charge in [-0.2, -0.15) is 5.10 Å². The van der Waals surface area contributed by atoms with Crippen LogP contribution < -0.4 is 10.2 Å². The van der Waals surface area contributed by atoms with E-state index in [9.17, 15) is 9.90 Å². The van der Waals surface area contributed by atoms with Gasteiger partial charge in [0.05, 0.1) is 18.4 Å². The molecule has 0 heterocycles. The van der Waals surface area contributed by atoms with Gasteiger partial charge in [-0.25, -0.2) is 5.43 Å². The Labute approximate surface area is 143 Å². The van der Waals surface area contributed by atoms with Crippen LogP contribution in [-0.4, -0.2) is 23.8 Å². The molecular formula is C17H17BrN2O3. The Hall–Kier alpha value is -2.34. The highest BCUT2D eigenvalue weighted by atomic mass is 79.9. The number of amides is 1. The van der Waals surface area contributed by atoms with Gasteiger partial charge >= 0.3 is 0 Å². The number of hydrogen-bond donors (Lipinski definition) is 2. The lowest BCUT2D eigenvalue weighted by Crippen LogP contribution is -2.18. The van der Waals surface area contributed by atoms with Gasteiger partial charge in [-0.05, 0) is 46.6 Å².